The van der Waals surface area contributed by atoms with Crippen molar-refractivity contribution in [1.29, 1.82) is 0 Å². The number of hydrogen-bond donors (Lipinski definition) is 2. The average molecular weight is 1910 g/mol. The maximum absolute atomic E-state index is 15.3. The van der Waals surface area contributed by atoms with Crippen LogP contribution in [0.3, 0.4) is 0 Å². The number of nitrogen functional groups attached to an aromatic ring is 2. The van der Waals surface area contributed by atoms with E-state index in [0.717, 1.165) is 128 Å². The fraction of sp³-hybridized carbons (Fsp3) is 0.340. The largest absolute Gasteiger partial charge is 0.495 e. The van der Waals surface area contributed by atoms with Gasteiger partial charge in [0.15, 0.2) is 0 Å². The predicted octanol–water partition coefficient (Wildman–Crippen LogP) is 20.0. The van der Waals surface area contributed by atoms with Gasteiger partial charge in [0.05, 0.1) is 112 Å². The van der Waals surface area contributed by atoms with Gasteiger partial charge in [0.1, 0.15) is 46.8 Å². The van der Waals surface area contributed by atoms with Gasteiger partial charge in [-0.3, -0.25) is 9.59 Å². The van der Waals surface area contributed by atoms with Gasteiger partial charge in [0, 0.05) is 82.3 Å². The number of fused-ring (bicyclic) bond motifs is 4. The Kier molecular flexibility index (Phi) is 29.7. The Bertz CT molecular complexity index is 5820. The van der Waals surface area contributed by atoms with E-state index in [0.29, 0.717) is 66.6 Å². The van der Waals surface area contributed by atoms with Crippen LogP contribution in [0.1, 0.15) is 183 Å². The van der Waals surface area contributed by atoms with Crippen LogP contribution >= 0.6 is 38.5 Å². The monoisotopic (exact) mass is 1910 g/mol. The average Bonchev–Trinajstić information content (AvgIpc) is 1.58. The lowest BCUT2D eigenvalue weighted by Gasteiger charge is -2.32. The smallest absolute Gasteiger partial charge is 0.492 e. The number of aromatic nitrogens is 8. The van der Waals surface area contributed by atoms with Gasteiger partial charge < -0.3 is 58.5 Å². The second-order valence-electron chi connectivity index (χ2n) is 34.9. The van der Waals surface area contributed by atoms with Crippen molar-refractivity contribution in [3.63, 3.8) is 0 Å². The highest BCUT2D eigenvalue weighted by Crippen LogP contribution is 2.48. The van der Waals surface area contributed by atoms with Gasteiger partial charge in [-0.1, -0.05) is 60.7 Å². The Morgan fingerprint density at radius 3 is 1.22 bits per heavy atom. The van der Waals surface area contributed by atoms with Gasteiger partial charge in [-0.05, 0) is 330 Å². The summed E-state index contributed by atoms with van der Waals surface area (Å²) in [7, 11) is 1.91. The number of nitrogens with zero attached hydrogens (tertiary/aromatic N) is 8. The molecule has 12 aromatic rings. The molecule has 0 amide bonds. The molecule has 2 fully saturated rings. The minimum absolute atomic E-state index is 0.0383. The molecule has 18 rings (SSSR count). The van der Waals surface area contributed by atoms with Crippen molar-refractivity contribution in [2.75, 3.05) is 38.9 Å². The normalized spacial score (nSPS) is 17.5. The lowest BCUT2D eigenvalue weighted by Crippen LogP contribution is -2.41. The highest BCUT2D eigenvalue weighted by Gasteiger charge is 2.54. The van der Waals surface area contributed by atoms with Crippen molar-refractivity contribution >= 4 is 87.0 Å². The van der Waals surface area contributed by atoms with Gasteiger partial charge in [0.25, 0.3) is 0 Å². The second-order valence-corrected chi connectivity index (χ2v) is 36.9. The number of ether oxygens (including phenoxy) is 6. The molecule has 0 spiro atoms. The summed E-state index contributed by atoms with van der Waals surface area (Å²) in [5, 5.41) is 30.3. The van der Waals surface area contributed by atoms with Crippen molar-refractivity contribution < 1.29 is 65.4 Å². The molecule has 4 aromatic heterocycles. The molecule has 664 valence electrons. The van der Waals surface area contributed by atoms with E-state index in [4.69, 9.17) is 58.5 Å². The first-order chi connectivity index (χ1) is 60.9. The van der Waals surface area contributed by atoms with Crippen LogP contribution in [0.4, 0.5) is 20.2 Å². The number of anilines is 2. The molecule has 0 saturated carbocycles. The Balaban J connectivity index is 0.000000141. The number of halogens is 4. The van der Waals surface area contributed by atoms with Crippen LogP contribution in [0, 0.1) is 70.6 Å². The molecule has 0 unspecified atom stereocenters. The minimum atomic E-state index is -0.543. The molecular formula is C100H108B2BrF2IN10O12. The van der Waals surface area contributed by atoms with Crippen molar-refractivity contribution in [2.24, 2.45) is 0 Å². The molecule has 128 heavy (non-hydrogen) atoms. The number of aryl methyl sites for hydroxylation is 8. The topological polar surface area (TPSA) is 282 Å². The molecule has 0 radical (unpaired) electrons. The summed E-state index contributed by atoms with van der Waals surface area (Å²) in [4.78, 5) is 23.4. The molecule has 2 aliphatic carbocycles. The first kappa shape index (κ1) is 94.5. The highest BCUT2D eigenvalue weighted by atomic mass is 127. The fourth-order valence-corrected chi connectivity index (χ4v) is 17.0. The third-order valence-corrected chi connectivity index (χ3v) is 27.1. The zero-order valence-electron chi connectivity index (χ0n) is 75.6. The first-order valence-corrected chi connectivity index (χ1v) is 44.5. The number of esters is 2. The van der Waals surface area contributed by atoms with E-state index < -0.39 is 30.5 Å². The standard InChI is InChI=1S/C32H29FN2O4.C26H30BFO6.C14H22BNO2.C12H11IN2.C12H13N3.C4H3BrN2/c1-18-12-21(20-10-11-34-35-16-20)13-19(2)31(18)25-6-8-27(33)32-26(25)7-9-28(32)39-23-4-5-24-22(14-30(36)37-3)17-38-29(24)15-23;1-25(2)26(3,4)34-27(33-25)19-9-10-20(28)24-18(19)8-11-21(24)32-16-6-7-17-15(12-23(29)30-5)14-31-22(17)13-16;1-9-7-11(8-10(2)12(9)16)15-17-13(3,4)14(5,6)18-15;2*1-8-5-11(6-9(2)12(8)13)10-3-4-14-15-7-10;5-4-1-2-6-7-3-4/h4-6,8,10-13,15-16,22,28H,7,9,14,17H2,1-3H3;6-7,9-10,13,15,21H,8,11-12,14H2,1-5H3;7-8H,16H2,1-6H3;3-7H,1-2H3;3-7H,13H2,1-2H3;1-3H/t22-,28-;15-,21-;;;;/m11..../s1. The van der Waals surface area contributed by atoms with Crippen molar-refractivity contribution in [3.05, 3.63) is 281 Å². The maximum atomic E-state index is 15.3. The molecule has 2 saturated heterocycles. The summed E-state index contributed by atoms with van der Waals surface area (Å²) in [5.41, 5.74) is 36.9. The third kappa shape index (κ3) is 21.6. The minimum Gasteiger partial charge on any atom is -0.492 e. The summed E-state index contributed by atoms with van der Waals surface area (Å²) in [6.45, 7) is 33.6. The predicted molar refractivity (Wildman–Crippen MR) is 507 cm³/mol. The number of benzene rings is 8. The van der Waals surface area contributed by atoms with Gasteiger partial charge in [0.2, 0.25) is 0 Å². The van der Waals surface area contributed by atoms with Gasteiger partial charge in [-0.2, -0.15) is 40.8 Å². The highest BCUT2D eigenvalue weighted by molar-refractivity contribution is 14.1. The molecule has 28 heteroatoms. The summed E-state index contributed by atoms with van der Waals surface area (Å²) >= 11 is 5.59. The van der Waals surface area contributed by atoms with Crippen molar-refractivity contribution in [3.8, 4) is 67.5 Å². The van der Waals surface area contributed by atoms with E-state index in [1.165, 1.54) is 40.5 Å². The van der Waals surface area contributed by atoms with Crippen molar-refractivity contribution in [2.45, 2.75) is 196 Å². The number of nitrogens with two attached hydrogens (primary N) is 2. The van der Waals surface area contributed by atoms with E-state index in [9.17, 15) is 9.59 Å². The molecule has 4 atom stereocenters. The quantitative estimate of drug-likeness (QED) is 0.0443. The molecule has 0 bridgehead atoms. The summed E-state index contributed by atoms with van der Waals surface area (Å²) in [6, 6.07) is 42.5. The molecule has 8 aromatic carbocycles. The number of carbonyl (C=O) groups excluding carboxylic acids is 2. The fourth-order valence-electron chi connectivity index (χ4n) is 16.5. The molecule has 8 heterocycles. The van der Waals surface area contributed by atoms with Gasteiger partial charge >= 0.3 is 26.2 Å². The Morgan fingerprint density at radius 1 is 0.453 bits per heavy atom. The van der Waals surface area contributed by atoms with Crippen LogP contribution in [0.25, 0.3) is 44.5 Å². The SMILES string of the molecule is Brc1ccnnc1.COC(=O)C[C@@H]1COc2cc(O[C@@H]3CCc4c(-c5c(C)cc(-c6ccnnc6)cc5C)ccc(F)c43)ccc21.COC(=O)C[C@@H]1COc2cc(O[C@@H]3CCc4c(B5OC(C)(C)C(C)(C)O5)ccc(F)c43)ccc21.Cc1cc(-c2ccnnc2)cc(C)c1I.Cc1cc(-c2ccnnc2)cc(C)c1N.Cc1cc(B2OC(C)(C)C(C)(C)O2)cc(C)c1N. The van der Waals surface area contributed by atoms with Gasteiger partial charge in [-0.15, -0.1) is 0 Å². The molecule has 6 aliphatic rings. The number of carbonyl (C=O) groups is 2. The van der Waals surface area contributed by atoms with Crippen LogP contribution in [-0.4, -0.2) is 117 Å². The van der Waals surface area contributed by atoms with E-state index in [1.54, 1.807) is 61.7 Å². The zero-order chi connectivity index (χ0) is 91.8. The maximum Gasteiger partial charge on any atom is 0.495 e. The summed E-state index contributed by atoms with van der Waals surface area (Å²) in [6.07, 6.45) is 16.2. The molecule has 4 N–H and O–H groups in total. The van der Waals surface area contributed by atoms with E-state index in [2.05, 4.69) is 171 Å². The Labute approximate surface area is 770 Å². The van der Waals surface area contributed by atoms with E-state index >= 15 is 8.78 Å². The van der Waals surface area contributed by atoms with Crippen LogP contribution in [0.2, 0.25) is 0 Å². The second kappa shape index (κ2) is 40.3. The lowest BCUT2D eigenvalue weighted by atomic mass is 9.75. The molecule has 4 aliphatic heterocycles. The Hall–Kier alpha value is -11.1. The lowest BCUT2D eigenvalue weighted by molar-refractivity contribution is -0.142. The van der Waals surface area contributed by atoms with Crippen LogP contribution in [-0.2, 0) is 50.5 Å². The third-order valence-electron chi connectivity index (χ3n) is 25.0. The molecule has 22 nitrogen and oxygen atoms in total. The zero-order valence-corrected chi connectivity index (χ0v) is 79.3. The Morgan fingerprint density at radius 2 is 0.828 bits per heavy atom. The van der Waals surface area contributed by atoms with Crippen LogP contribution in [0.5, 0.6) is 23.0 Å². The van der Waals surface area contributed by atoms with Crippen molar-refractivity contribution in [1.82, 2.24) is 40.8 Å². The van der Waals surface area contributed by atoms with E-state index in [-0.39, 0.29) is 66.6 Å². The number of rotatable bonds is 14. The summed E-state index contributed by atoms with van der Waals surface area (Å²) < 4.78 is 90.9. The van der Waals surface area contributed by atoms with Gasteiger partial charge in [-0.25, -0.2) is 8.78 Å². The van der Waals surface area contributed by atoms with E-state index in [1.807, 2.05) is 134 Å². The van der Waals surface area contributed by atoms with Crippen LogP contribution in [0.15, 0.2) is 188 Å². The first-order valence-electron chi connectivity index (χ1n) is 42.6. The number of methoxy groups -OCH3 is 2. The molecular weight excluding hydrogens is 1800 g/mol. The van der Waals surface area contributed by atoms with Crippen LogP contribution < -0.4 is 41.3 Å². The summed E-state index contributed by atoms with van der Waals surface area (Å²) in [5.74, 6) is 1.48. The number of hydrogen-bond acceptors (Lipinski definition) is 22.